The van der Waals surface area contributed by atoms with Crippen molar-refractivity contribution in [3.8, 4) is 0 Å². The largest absolute Gasteiger partial charge is 0.477 e. The number of thiophene rings is 1. The van der Waals surface area contributed by atoms with Gasteiger partial charge in [-0.3, -0.25) is 0 Å². The summed E-state index contributed by atoms with van der Waals surface area (Å²) in [4.78, 5) is 25.0. The first kappa shape index (κ1) is 20.5. The number of nitrogens with zero attached hydrogens (tertiary/aromatic N) is 3. The number of hydrogen-bond donors (Lipinski definition) is 1. The standard InChI is InChI=1S/C24H27N3O2S/c1-15-19(14-18-10-6-4-7-11-18)16(2)25-23-20(15)21(22(30-23)24(28)29)26-17(3)27-12-8-5-9-13-27/h4,6-7,10-11H,5,8-9,12-14H2,1-3H3,(H,28,29). The maximum absolute atomic E-state index is 12.0. The van der Waals surface area contributed by atoms with Gasteiger partial charge in [0.25, 0.3) is 0 Å². The number of carboxylic acids is 1. The fourth-order valence-corrected chi connectivity index (χ4v) is 5.29. The van der Waals surface area contributed by atoms with Crippen LogP contribution in [-0.4, -0.2) is 39.9 Å². The molecule has 1 aliphatic rings. The van der Waals surface area contributed by atoms with Crippen molar-refractivity contribution in [2.45, 2.75) is 46.5 Å². The highest BCUT2D eigenvalue weighted by Crippen LogP contribution is 2.41. The molecule has 4 rings (SSSR count). The molecule has 5 nitrogen and oxygen atoms in total. The first-order valence-electron chi connectivity index (χ1n) is 10.5. The Hall–Kier alpha value is -2.73. The van der Waals surface area contributed by atoms with Crippen LogP contribution in [0.5, 0.6) is 0 Å². The third-order valence-electron chi connectivity index (χ3n) is 5.90. The van der Waals surface area contributed by atoms with Crippen LogP contribution in [0, 0.1) is 13.8 Å². The molecular formula is C24H27N3O2S. The zero-order valence-electron chi connectivity index (χ0n) is 17.7. The van der Waals surface area contributed by atoms with Crippen LogP contribution in [0.4, 0.5) is 5.69 Å². The number of fused-ring (bicyclic) bond motifs is 1. The predicted octanol–water partition coefficient (Wildman–Crippen LogP) is 5.74. The Morgan fingerprint density at radius 3 is 2.53 bits per heavy atom. The minimum atomic E-state index is -0.940. The van der Waals surface area contributed by atoms with Gasteiger partial charge in [-0.15, -0.1) is 11.3 Å². The van der Waals surface area contributed by atoms with Crippen LogP contribution < -0.4 is 0 Å². The van der Waals surface area contributed by atoms with E-state index in [1.54, 1.807) is 0 Å². The van der Waals surface area contributed by atoms with Crippen molar-refractivity contribution in [1.29, 1.82) is 0 Å². The van der Waals surface area contributed by atoms with Gasteiger partial charge in [0.05, 0.1) is 0 Å². The second kappa shape index (κ2) is 8.56. The van der Waals surface area contributed by atoms with E-state index in [0.717, 1.165) is 65.2 Å². The number of likely N-dealkylation sites (tertiary alicyclic amines) is 1. The second-order valence-corrected chi connectivity index (χ2v) is 8.93. The molecule has 3 aromatic rings. The van der Waals surface area contributed by atoms with Gasteiger partial charge in [0.1, 0.15) is 21.2 Å². The minimum absolute atomic E-state index is 0.272. The lowest BCUT2D eigenvalue weighted by molar-refractivity contribution is 0.0703. The first-order chi connectivity index (χ1) is 14.5. The molecule has 0 atom stereocenters. The van der Waals surface area contributed by atoms with Crippen LogP contribution in [0.25, 0.3) is 10.2 Å². The van der Waals surface area contributed by atoms with Gasteiger partial charge in [0.15, 0.2) is 0 Å². The topological polar surface area (TPSA) is 65.8 Å². The summed E-state index contributed by atoms with van der Waals surface area (Å²) in [6.07, 6.45) is 4.33. The molecule has 30 heavy (non-hydrogen) atoms. The normalized spacial score (nSPS) is 15.0. The van der Waals surface area contributed by atoms with Crippen molar-refractivity contribution in [2.24, 2.45) is 4.99 Å². The molecule has 0 amide bonds. The fourth-order valence-electron chi connectivity index (χ4n) is 4.23. The van der Waals surface area contributed by atoms with Crippen LogP contribution in [0.1, 0.15) is 58.2 Å². The van der Waals surface area contributed by atoms with Crippen molar-refractivity contribution in [3.63, 3.8) is 0 Å². The van der Waals surface area contributed by atoms with Gasteiger partial charge >= 0.3 is 5.97 Å². The van der Waals surface area contributed by atoms with E-state index in [4.69, 9.17) is 9.98 Å². The zero-order chi connectivity index (χ0) is 21.3. The van der Waals surface area contributed by atoms with Gasteiger partial charge in [0.2, 0.25) is 0 Å². The Bertz CT molecular complexity index is 1110. The molecule has 2 aromatic heterocycles. The number of aryl methyl sites for hydroxylation is 2. The number of hydrogen-bond acceptors (Lipinski definition) is 4. The van der Waals surface area contributed by atoms with Gasteiger partial charge in [-0.2, -0.15) is 0 Å². The lowest BCUT2D eigenvalue weighted by Crippen LogP contribution is -2.33. The molecule has 0 saturated carbocycles. The number of aromatic nitrogens is 1. The summed E-state index contributed by atoms with van der Waals surface area (Å²) in [6, 6.07) is 10.3. The summed E-state index contributed by atoms with van der Waals surface area (Å²) in [5.41, 5.74) is 4.95. The first-order valence-corrected chi connectivity index (χ1v) is 11.3. The monoisotopic (exact) mass is 421 g/mol. The van der Waals surface area contributed by atoms with Crippen LogP contribution in [0.2, 0.25) is 0 Å². The number of carboxylic acid groups (broad SMARTS) is 1. The molecule has 6 heteroatoms. The molecule has 1 aliphatic heterocycles. The average molecular weight is 422 g/mol. The SMILES string of the molecule is CC(=Nc1c(C(=O)O)sc2nc(C)c(Cc3ccccc3)c(C)c12)N1CCCCC1. The van der Waals surface area contributed by atoms with E-state index in [1.165, 1.54) is 23.3 Å². The number of pyridine rings is 1. The van der Waals surface area contributed by atoms with Crippen molar-refractivity contribution >= 4 is 39.0 Å². The average Bonchev–Trinajstić information content (AvgIpc) is 3.10. The Kier molecular flexibility index (Phi) is 5.86. The number of rotatable bonds is 4. The van der Waals surface area contributed by atoms with Crippen LogP contribution in [-0.2, 0) is 6.42 Å². The highest BCUT2D eigenvalue weighted by Gasteiger charge is 2.23. The molecule has 1 fully saturated rings. The minimum Gasteiger partial charge on any atom is -0.477 e. The Morgan fingerprint density at radius 1 is 1.17 bits per heavy atom. The van der Waals surface area contributed by atoms with Gasteiger partial charge < -0.3 is 10.0 Å². The highest BCUT2D eigenvalue weighted by molar-refractivity contribution is 7.21. The van der Waals surface area contributed by atoms with Gasteiger partial charge in [-0.25, -0.2) is 14.8 Å². The maximum Gasteiger partial charge on any atom is 0.348 e. The van der Waals surface area contributed by atoms with Crippen LogP contribution in [0.3, 0.4) is 0 Å². The zero-order valence-corrected chi connectivity index (χ0v) is 18.6. The summed E-state index contributed by atoms with van der Waals surface area (Å²) < 4.78 is 0. The molecule has 1 aromatic carbocycles. The lowest BCUT2D eigenvalue weighted by Gasteiger charge is -2.28. The molecule has 1 N–H and O–H groups in total. The molecule has 0 radical (unpaired) electrons. The van der Waals surface area contributed by atoms with E-state index in [1.807, 2.05) is 32.0 Å². The number of aliphatic imine (C=N–C) groups is 1. The number of aromatic carboxylic acids is 1. The summed E-state index contributed by atoms with van der Waals surface area (Å²) in [7, 11) is 0. The summed E-state index contributed by atoms with van der Waals surface area (Å²) in [5, 5.41) is 10.7. The van der Waals surface area contributed by atoms with E-state index in [2.05, 4.69) is 24.0 Å². The Balaban J connectivity index is 1.86. The van der Waals surface area contributed by atoms with Crippen LogP contribution >= 0.6 is 11.3 Å². The fraction of sp³-hybridized carbons (Fsp3) is 0.375. The Labute approximate surface area is 181 Å². The van der Waals surface area contributed by atoms with E-state index in [9.17, 15) is 9.90 Å². The maximum atomic E-state index is 12.0. The number of benzene rings is 1. The van der Waals surface area contributed by atoms with Crippen molar-refractivity contribution in [1.82, 2.24) is 9.88 Å². The number of amidine groups is 1. The van der Waals surface area contributed by atoms with E-state index in [-0.39, 0.29) is 4.88 Å². The number of carbonyl (C=O) groups is 1. The van der Waals surface area contributed by atoms with E-state index in [0.29, 0.717) is 5.69 Å². The molecule has 0 aliphatic carbocycles. The molecule has 1 saturated heterocycles. The van der Waals surface area contributed by atoms with Crippen LogP contribution in [0.15, 0.2) is 35.3 Å². The summed E-state index contributed by atoms with van der Waals surface area (Å²) in [6.45, 7) is 8.03. The van der Waals surface area contributed by atoms with Crippen molar-refractivity contribution in [3.05, 3.63) is 57.6 Å². The van der Waals surface area contributed by atoms with E-state index < -0.39 is 5.97 Å². The summed E-state index contributed by atoms with van der Waals surface area (Å²) >= 11 is 1.23. The number of piperidine rings is 1. The molecule has 0 bridgehead atoms. The Morgan fingerprint density at radius 2 is 1.87 bits per heavy atom. The highest BCUT2D eigenvalue weighted by atomic mass is 32.1. The lowest BCUT2D eigenvalue weighted by atomic mass is 9.97. The summed E-state index contributed by atoms with van der Waals surface area (Å²) in [5.74, 6) is -0.0497. The van der Waals surface area contributed by atoms with Gasteiger partial charge in [-0.1, -0.05) is 30.3 Å². The van der Waals surface area contributed by atoms with E-state index >= 15 is 0 Å². The third kappa shape index (κ3) is 3.97. The van der Waals surface area contributed by atoms with Gasteiger partial charge in [-0.05, 0) is 63.1 Å². The van der Waals surface area contributed by atoms with Crippen molar-refractivity contribution in [2.75, 3.05) is 13.1 Å². The molecular weight excluding hydrogens is 394 g/mol. The molecule has 0 unspecified atom stereocenters. The molecule has 3 heterocycles. The second-order valence-electron chi connectivity index (χ2n) is 7.93. The third-order valence-corrected chi connectivity index (χ3v) is 6.96. The van der Waals surface area contributed by atoms with Crippen molar-refractivity contribution < 1.29 is 9.90 Å². The predicted molar refractivity (Wildman–Crippen MR) is 123 cm³/mol. The van der Waals surface area contributed by atoms with Gasteiger partial charge in [0, 0.05) is 24.2 Å². The quantitative estimate of drug-likeness (QED) is 0.431. The molecule has 0 spiro atoms. The smallest absolute Gasteiger partial charge is 0.348 e. The molecule has 156 valence electrons.